The van der Waals surface area contributed by atoms with Gasteiger partial charge in [-0.3, -0.25) is 9.89 Å². The smallest absolute Gasteiger partial charge is 0.225 e. The molecule has 5 heteroatoms. The maximum absolute atomic E-state index is 11.8. The summed E-state index contributed by atoms with van der Waals surface area (Å²) in [5.41, 5.74) is 3.19. The number of fused-ring (bicyclic) bond motifs is 1. The third kappa shape index (κ3) is 3.13. The predicted octanol–water partition coefficient (Wildman–Crippen LogP) is 4.18. The van der Waals surface area contributed by atoms with E-state index in [9.17, 15) is 4.79 Å². The number of nitrogens with zero attached hydrogens (tertiary/aromatic N) is 2. The number of benzene rings is 1. The molecule has 0 aliphatic rings. The topological polar surface area (TPSA) is 62.7 Å². The zero-order chi connectivity index (χ0) is 16.2. The molecule has 0 aliphatic heterocycles. The highest BCUT2D eigenvalue weighted by molar-refractivity contribution is 5.91. The van der Waals surface area contributed by atoms with Gasteiger partial charge in [0, 0.05) is 29.9 Å². The van der Waals surface area contributed by atoms with Gasteiger partial charge in [0.1, 0.15) is 0 Å². The quantitative estimate of drug-likeness (QED) is 0.717. The van der Waals surface area contributed by atoms with E-state index in [4.69, 9.17) is 0 Å². The monoisotopic (exact) mass is 310 g/mol. The molecular formula is C18H22N4O. The summed E-state index contributed by atoms with van der Waals surface area (Å²) < 4.78 is 2.24. The molecule has 120 valence electrons. The van der Waals surface area contributed by atoms with Crippen molar-refractivity contribution in [3.8, 4) is 11.4 Å². The van der Waals surface area contributed by atoms with E-state index in [1.165, 1.54) is 10.9 Å². The highest BCUT2D eigenvalue weighted by Gasteiger charge is 2.12. The number of para-hydroxylation sites is 1. The van der Waals surface area contributed by atoms with E-state index in [0.717, 1.165) is 30.8 Å². The number of H-pyrrole nitrogens is 1. The maximum Gasteiger partial charge on any atom is 0.225 e. The molecule has 2 aromatic heterocycles. The Morgan fingerprint density at radius 3 is 2.87 bits per heavy atom. The molecule has 0 saturated carbocycles. The summed E-state index contributed by atoms with van der Waals surface area (Å²) in [6.07, 6.45) is 2.44. The lowest BCUT2D eigenvalue weighted by atomic mass is 10.2. The third-order valence-electron chi connectivity index (χ3n) is 4.01. The fraction of sp³-hybridized carbons (Fsp3) is 0.333. The van der Waals surface area contributed by atoms with Crippen LogP contribution in [0.1, 0.15) is 33.1 Å². The Morgan fingerprint density at radius 2 is 2.09 bits per heavy atom. The molecule has 0 spiro atoms. The van der Waals surface area contributed by atoms with Gasteiger partial charge in [-0.1, -0.05) is 31.5 Å². The number of hydrogen-bond donors (Lipinski definition) is 2. The number of amides is 1. The normalized spacial score (nSPS) is 11.0. The van der Waals surface area contributed by atoms with Crippen molar-refractivity contribution >= 4 is 22.6 Å². The van der Waals surface area contributed by atoms with Crippen LogP contribution >= 0.6 is 0 Å². The number of aryl methyl sites for hydroxylation is 1. The fourth-order valence-electron chi connectivity index (χ4n) is 2.83. The van der Waals surface area contributed by atoms with E-state index >= 15 is 0 Å². The molecule has 3 aromatic rings. The summed E-state index contributed by atoms with van der Waals surface area (Å²) in [6.45, 7) is 5.07. The minimum Gasteiger partial charge on any atom is -0.340 e. The van der Waals surface area contributed by atoms with Crippen LogP contribution in [0, 0.1) is 0 Å². The van der Waals surface area contributed by atoms with Crippen LogP contribution in [0.4, 0.5) is 5.82 Å². The van der Waals surface area contributed by atoms with Crippen molar-refractivity contribution in [3.63, 3.8) is 0 Å². The summed E-state index contributed by atoms with van der Waals surface area (Å²) in [5.74, 6) is 0.593. The number of carbonyl (C=O) groups excluding carboxylic acids is 1. The van der Waals surface area contributed by atoms with E-state index < -0.39 is 0 Å². The number of carbonyl (C=O) groups is 1. The predicted molar refractivity (Wildman–Crippen MR) is 93.3 cm³/mol. The van der Waals surface area contributed by atoms with Gasteiger partial charge in [-0.15, -0.1) is 0 Å². The Kier molecular flexibility index (Phi) is 4.46. The van der Waals surface area contributed by atoms with Gasteiger partial charge in [0.25, 0.3) is 0 Å². The Hall–Kier alpha value is -2.56. The van der Waals surface area contributed by atoms with Gasteiger partial charge in [0.15, 0.2) is 5.82 Å². The molecule has 0 radical (unpaired) electrons. The number of rotatable bonds is 6. The first kappa shape index (κ1) is 15.3. The second-order valence-corrected chi connectivity index (χ2v) is 5.65. The van der Waals surface area contributed by atoms with Gasteiger partial charge in [-0.05, 0) is 25.5 Å². The van der Waals surface area contributed by atoms with Crippen LogP contribution in [0.15, 0.2) is 36.4 Å². The molecule has 2 heterocycles. The lowest BCUT2D eigenvalue weighted by Gasteiger charge is -2.05. The first-order chi connectivity index (χ1) is 11.2. The minimum atomic E-state index is 0.0148. The van der Waals surface area contributed by atoms with E-state index in [-0.39, 0.29) is 5.91 Å². The van der Waals surface area contributed by atoms with Gasteiger partial charge in [0.2, 0.25) is 5.91 Å². The van der Waals surface area contributed by atoms with Crippen LogP contribution in [0.5, 0.6) is 0 Å². The first-order valence-corrected chi connectivity index (χ1v) is 8.16. The summed E-state index contributed by atoms with van der Waals surface area (Å²) in [6, 6.07) is 12.4. The van der Waals surface area contributed by atoms with Crippen molar-refractivity contribution in [2.24, 2.45) is 0 Å². The summed E-state index contributed by atoms with van der Waals surface area (Å²) in [4.78, 5) is 11.8. The molecule has 23 heavy (non-hydrogen) atoms. The third-order valence-corrected chi connectivity index (χ3v) is 4.01. The molecule has 1 amide bonds. The highest BCUT2D eigenvalue weighted by Crippen LogP contribution is 2.28. The number of aromatic amines is 1. The van der Waals surface area contributed by atoms with Gasteiger partial charge in [-0.25, -0.2) is 0 Å². The maximum atomic E-state index is 11.8. The Morgan fingerprint density at radius 1 is 1.26 bits per heavy atom. The van der Waals surface area contributed by atoms with Crippen LogP contribution in [0.2, 0.25) is 0 Å². The molecule has 1 aromatic carbocycles. The zero-order valence-electron chi connectivity index (χ0n) is 13.6. The van der Waals surface area contributed by atoms with Crippen LogP contribution in [0.25, 0.3) is 22.3 Å². The molecule has 0 aliphatic carbocycles. The van der Waals surface area contributed by atoms with Crippen molar-refractivity contribution in [1.29, 1.82) is 0 Å². The second-order valence-electron chi connectivity index (χ2n) is 5.65. The van der Waals surface area contributed by atoms with Gasteiger partial charge in [-0.2, -0.15) is 5.10 Å². The fourth-order valence-corrected chi connectivity index (χ4v) is 2.83. The highest BCUT2D eigenvalue weighted by atomic mass is 16.1. The number of anilines is 1. The van der Waals surface area contributed by atoms with Gasteiger partial charge in [0.05, 0.1) is 11.4 Å². The lowest BCUT2D eigenvalue weighted by molar-refractivity contribution is -0.116. The largest absolute Gasteiger partial charge is 0.340 e. The van der Waals surface area contributed by atoms with Crippen LogP contribution in [-0.2, 0) is 11.3 Å². The van der Waals surface area contributed by atoms with Crippen molar-refractivity contribution < 1.29 is 4.79 Å². The van der Waals surface area contributed by atoms with Crippen molar-refractivity contribution in [3.05, 3.63) is 36.4 Å². The molecule has 0 saturated heterocycles. The standard InChI is InChI=1S/C18H22N4O/c1-3-5-10-18(23)19-17-12-14(20-21-17)16-11-13-8-6-7-9-15(13)22(16)4-2/h6-9,11-12H,3-5,10H2,1-2H3,(H2,19,20,21,23). The Balaban J connectivity index is 1.87. The van der Waals surface area contributed by atoms with E-state index in [0.29, 0.717) is 12.2 Å². The van der Waals surface area contributed by atoms with E-state index in [2.05, 4.69) is 52.1 Å². The molecule has 3 rings (SSSR count). The zero-order valence-corrected chi connectivity index (χ0v) is 13.6. The Bertz CT molecular complexity index is 815. The molecule has 2 N–H and O–H groups in total. The molecule has 5 nitrogen and oxygen atoms in total. The van der Waals surface area contributed by atoms with Crippen molar-refractivity contribution in [2.45, 2.75) is 39.7 Å². The Labute approximate surface area is 135 Å². The molecular weight excluding hydrogens is 288 g/mol. The van der Waals surface area contributed by atoms with Crippen molar-refractivity contribution in [1.82, 2.24) is 14.8 Å². The number of hydrogen-bond acceptors (Lipinski definition) is 2. The van der Waals surface area contributed by atoms with E-state index in [1.807, 2.05) is 18.2 Å². The number of unbranched alkanes of at least 4 members (excludes halogenated alkanes) is 1. The summed E-state index contributed by atoms with van der Waals surface area (Å²) in [7, 11) is 0. The SMILES string of the molecule is CCCCC(=O)Nc1cc(-c2cc3ccccc3n2CC)[nH]n1. The minimum absolute atomic E-state index is 0.0148. The van der Waals surface area contributed by atoms with Crippen molar-refractivity contribution in [2.75, 3.05) is 5.32 Å². The molecule has 0 bridgehead atoms. The average Bonchev–Trinajstić information content (AvgIpc) is 3.16. The van der Waals surface area contributed by atoms with Gasteiger partial charge >= 0.3 is 0 Å². The molecule has 0 fully saturated rings. The second kappa shape index (κ2) is 6.69. The van der Waals surface area contributed by atoms with Crippen LogP contribution in [-0.4, -0.2) is 20.7 Å². The lowest BCUT2D eigenvalue weighted by Crippen LogP contribution is -2.11. The first-order valence-electron chi connectivity index (χ1n) is 8.16. The van der Waals surface area contributed by atoms with Crippen LogP contribution < -0.4 is 5.32 Å². The molecule has 0 unspecified atom stereocenters. The average molecular weight is 310 g/mol. The van der Waals surface area contributed by atoms with Crippen LogP contribution in [0.3, 0.4) is 0 Å². The number of aromatic nitrogens is 3. The summed E-state index contributed by atoms with van der Waals surface area (Å²) in [5, 5.41) is 11.3. The molecule has 0 atom stereocenters. The number of nitrogens with one attached hydrogen (secondary N) is 2. The summed E-state index contributed by atoms with van der Waals surface area (Å²) >= 11 is 0. The van der Waals surface area contributed by atoms with E-state index in [1.54, 1.807) is 0 Å². The van der Waals surface area contributed by atoms with Gasteiger partial charge < -0.3 is 9.88 Å².